The predicted molar refractivity (Wildman–Crippen MR) is 90.6 cm³/mol. The molecule has 0 saturated carbocycles. The fourth-order valence-corrected chi connectivity index (χ4v) is 2.40. The first-order valence-corrected chi connectivity index (χ1v) is 7.25. The minimum Gasteiger partial charge on any atom is -0.464 e. The number of nitro groups is 1. The summed E-state index contributed by atoms with van der Waals surface area (Å²) in [5.74, 6) is 0.210. The lowest BCUT2D eigenvalue weighted by Gasteiger charge is -2.04. The van der Waals surface area contributed by atoms with Crippen LogP contribution in [0.3, 0.4) is 0 Å². The zero-order valence-corrected chi connectivity index (χ0v) is 12.6. The normalized spacial score (nSPS) is 10.8. The van der Waals surface area contributed by atoms with Crippen molar-refractivity contribution in [1.82, 2.24) is 0 Å². The molecule has 1 heterocycles. The minimum absolute atomic E-state index is 0.0701. The average Bonchev–Trinajstić information content (AvgIpc) is 3.14. The van der Waals surface area contributed by atoms with E-state index in [-0.39, 0.29) is 11.5 Å². The minimum atomic E-state index is -0.464. The molecule has 5 nitrogen and oxygen atoms in total. The van der Waals surface area contributed by atoms with Crippen LogP contribution in [0.25, 0.3) is 17.4 Å². The van der Waals surface area contributed by atoms with Crippen LogP contribution in [0.4, 0.5) is 5.69 Å². The molecule has 118 valence electrons. The van der Waals surface area contributed by atoms with Crippen molar-refractivity contribution in [3.8, 4) is 11.3 Å². The van der Waals surface area contributed by atoms with Crippen LogP contribution in [-0.4, -0.2) is 10.7 Å². The molecule has 24 heavy (non-hydrogen) atoms. The van der Waals surface area contributed by atoms with Gasteiger partial charge in [-0.05, 0) is 23.8 Å². The molecule has 0 radical (unpaired) electrons. The lowest BCUT2D eigenvalue weighted by molar-refractivity contribution is -0.384. The maximum Gasteiger partial charge on any atom is 0.280 e. The molecule has 3 rings (SSSR count). The van der Waals surface area contributed by atoms with Gasteiger partial charge in [-0.15, -0.1) is 0 Å². The first-order chi connectivity index (χ1) is 11.7. The van der Waals surface area contributed by atoms with Crippen molar-refractivity contribution in [2.24, 2.45) is 0 Å². The number of benzene rings is 2. The number of hydrogen-bond donors (Lipinski definition) is 0. The van der Waals surface area contributed by atoms with Gasteiger partial charge in [0.15, 0.2) is 5.78 Å². The molecule has 0 atom stereocenters. The second-order valence-electron chi connectivity index (χ2n) is 5.04. The lowest BCUT2D eigenvalue weighted by Crippen LogP contribution is -1.95. The number of carbonyl (C=O) groups is 1. The quantitative estimate of drug-likeness (QED) is 0.294. The van der Waals surface area contributed by atoms with Crippen molar-refractivity contribution < 1.29 is 14.1 Å². The molecule has 0 spiro atoms. The fourth-order valence-electron chi connectivity index (χ4n) is 2.40. The highest BCUT2D eigenvalue weighted by Gasteiger charge is 2.20. The van der Waals surface area contributed by atoms with Crippen LogP contribution < -0.4 is 0 Å². The van der Waals surface area contributed by atoms with Gasteiger partial charge in [-0.3, -0.25) is 14.9 Å². The van der Waals surface area contributed by atoms with E-state index in [0.717, 1.165) is 0 Å². The van der Waals surface area contributed by atoms with Gasteiger partial charge in [0.1, 0.15) is 11.3 Å². The van der Waals surface area contributed by atoms with E-state index in [1.807, 2.05) is 6.07 Å². The van der Waals surface area contributed by atoms with Gasteiger partial charge in [-0.2, -0.15) is 0 Å². The SMILES string of the molecule is O=C(C=Cc1cccc([N+](=O)[O-])c1-c1ccco1)c1ccccc1. The van der Waals surface area contributed by atoms with Gasteiger partial charge < -0.3 is 4.42 Å². The standard InChI is InChI=1S/C19H13NO4/c21-17(14-6-2-1-3-7-14)12-11-15-8-4-9-16(20(22)23)19(15)18-10-5-13-24-18/h1-13H. The highest BCUT2D eigenvalue weighted by Crippen LogP contribution is 2.34. The van der Waals surface area contributed by atoms with E-state index in [4.69, 9.17) is 4.42 Å². The largest absolute Gasteiger partial charge is 0.464 e. The summed E-state index contributed by atoms with van der Waals surface area (Å²) in [4.78, 5) is 23.0. The summed E-state index contributed by atoms with van der Waals surface area (Å²) in [6, 6.07) is 16.8. The van der Waals surface area contributed by atoms with Crippen molar-refractivity contribution in [3.63, 3.8) is 0 Å². The van der Waals surface area contributed by atoms with E-state index in [9.17, 15) is 14.9 Å². The number of nitro benzene ring substituents is 1. The van der Waals surface area contributed by atoms with E-state index in [1.54, 1.807) is 54.6 Å². The van der Waals surface area contributed by atoms with Crippen LogP contribution in [0, 0.1) is 10.1 Å². The smallest absolute Gasteiger partial charge is 0.280 e. The molecular formula is C19H13NO4. The Morgan fingerprint density at radius 2 is 1.79 bits per heavy atom. The molecule has 1 aromatic heterocycles. The maximum atomic E-state index is 12.2. The Bertz CT molecular complexity index is 896. The Hall–Kier alpha value is -3.47. The van der Waals surface area contributed by atoms with E-state index in [1.165, 1.54) is 18.4 Å². The molecular weight excluding hydrogens is 306 g/mol. The summed E-state index contributed by atoms with van der Waals surface area (Å²) in [6.45, 7) is 0. The van der Waals surface area contributed by atoms with Gasteiger partial charge >= 0.3 is 0 Å². The topological polar surface area (TPSA) is 73.3 Å². The van der Waals surface area contributed by atoms with Gasteiger partial charge in [0.25, 0.3) is 5.69 Å². The monoisotopic (exact) mass is 319 g/mol. The van der Waals surface area contributed by atoms with Crippen LogP contribution in [0.15, 0.2) is 77.4 Å². The average molecular weight is 319 g/mol. The molecule has 2 aromatic carbocycles. The van der Waals surface area contributed by atoms with Crippen LogP contribution in [0.2, 0.25) is 0 Å². The fraction of sp³-hybridized carbons (Fsp3) is 0. The second-order valence-corrected chi connectivity index (χ2v) is 5.04. The lowest BCUT2D eigenvalue weighted by atomic mass is 10.0. The molecule has 0 aliphatic carbocycles. The molecule has 0 N–H and O–H groups in total. The summed E-state index contributed by atoms with van der Waals surface area (Å²) in [5.41, 5.74) is 1.38. The van der Waals surface area contributed by atoms with Gasteiger partial charge in [0, 0.05) is 11.6 Å². The number of nitrogens with zero attached hydrogens (tertiary/aromatic N) is 1. The Morgan fingerprint density at radius 1 is 1.00 bits per heavy atom. The second kappa shape index (κ2) is 6.75. The zero-order chi connectivity index (χ0) is 16.9. The van der Waals surface area contributed by atoms with Crippen molar-refractivity contribution >= 4 is 17.5 Å². The Kier molecular flexibility index (Phi) is 4.34. The Morgan fingerprint density at radius 3 is 2.46 bits per heavy atom. The molecule has 0 aliphatic heterocycles. The van der Waals surface area contributed by atoms with Gasteiger partial charge in [-0.25, -0.2) is 0 Å². The molecule has 0 amide bonds. The Labute approximate surface area is 138 Å². The maximum absolute atomic E-state index is 12.2. The van der Waals surface area contributed by atoms with Gasteiger partial charge in [0.2, 0.25) is 0 Å². The van der Waals surface area contributed by atoms with Crippen molar-refractivity contribution in [2.45, 2.75) is 0 Å². The van der Waals surface area contributed by atoms with Gasteiger partial charge in [0.05, 0.1) is 11.2 Å². The third kappa shape index (κ3) is 3.15. The molecule has 5 heteroatoms. The van der Waals surface area contributed by atoms with Crippen LogP contribution in [0.5, 0.6) is 0 Å². The highest BCUT2D eigenvalue weighted by atomic mass is 16.6. The molecule has 0 saturated heterocycles. The number of allylic oxidation sites excluding steroid dienone is 1. The number of carbonyl (C=O) groups excluding carboxylic acids is 1. The molecule has 0 unspecified atom stereocenters. The van der Waals surface area contributed by atoms with Gasteiger partial charge in [-0.1, -0.05) is 48.5 Å². The third-order valence-corrected chi connectivity index (χ3v) is 3.51. The number of ketones is 1. The summed E-state index contributed by atoms with van der Waals surface area (Å²) in [6.07, 6.45) is 4.43. The first-order valence-electron chi connectivity index (χ1n) is 7.25. The first kappa shape index (κ1) is 15.4. The van der Waals surface area contributed by atoms with Crippen LogP contribution >= 0.6 is 0 Å². The summed E-state index contributed by atoms with van der Waals surface area (Å²) < 4.78 is 5.32. The van der Waals surface area contributed by atoms with Crippen molar-refractivity contribution in [3.05, 3.63) is 94.2 Å². The van der Waals surface area contributed by atoms with E-state index >= 15 is 0 Å². The molecule has 0 fully saturated rings. The predicted octanol–water partition coefficient (Wildman–Crippen LogP) is 4.75. The summed E-state index contributed by atoms with van der Waals surface area (Å²) >= 11 is 0. The van der Waals surface area contributed by atoms with Crippen molar-refractivity contribution in [1.29, 1.82) is 0 Å². The van der Waals surface area contributed by atoms with E-state index in [0.29, 0.717) is 22.5 Å². The summed E-state index contributed by atoms with van der Waals surface area (Å²) in [5, 5.41) is 11.3. The number of rotatable bonds is 5. The molecule has 0 bridgehead atoms. The Balaban J connectivity index is 2.02. The van der Waals surface area contributed by atoms with Crippen LogP contribution in [0.1, 0.15) is 15.9 Å². The van der Waals surface area contributed by atoms with Crippen molar-refractivity contribution in [2.75, 3.05) is 0 Å². The third-order valence-electron chi connectivity index (χ3n) is 3.51. The van der Waals surface area contributed by atoms with E-state index < -0.39 is 4.92 Å². The summed E-state index contributed by atoms with van der Waals surface area (Å²) in [7, 11) is 0. The van der Waals surface area contributed by atoms with Crippen LogP contribution in [-0.2, 0) is 0 Å². The molecule has 0 aliphatic rings. The number of hydrogen-bond acceptors (Lipinski definition) is 4. The van der Waals surface area contributed by atoms with E-state index in [2.05, 4.69) is 0 Å². The zero-order valence-electron chi connectivity index (χ0n) is 12.6. The highest BCUT2D eigenvalue weighted by molar-refractivity contribution is 6.07. The molecule has 3 aromatic rings. The number of furan rings is 1.